The fourth-order valence-corrected chi connectivity index (χ4v) is 4.74. The summed E-state index contributed by atoms with van der Waals surface area (Å²) >= 11 is 12.0. The molecule has 1 aliphatic carbocycles. The summed E-state index contributed by atoms with van der Waals surface area (Å²) in [5.74, 6) is -0.606. The van der Waals surface area contributed by atoms with Gasteiger partial charge in [-0.05, 0) is 49.6 Å². The van der Waals surface area contributed by atoms with E-state index < -0.39 is 28.1 Å². The molecular formula is C17H18Cl2N2O5S. The van der Waals surface area contributed by atoms with E-state index in [9.17, 15) is 18.3 Å². The predicted molar refractivity (Wildman–Crippen MR) is 101 cm³/mol. The van der Waals surface area contributed by atoms with E-state index >= 15 is 0 Å². The average Bonchev–Trinajstić information content (AvgIpc) is 3.11. The Labute approximate surface area is 166 Å². The summed E-state index contributed by atoms with van der Waals surface area (Å²) in [4.78, 5) is 14.6. The lowest BCUT2D eigenvalue weighted by Gasteiger charge is -2.16. The fourth-order valence-electron chi connectivity index (χ4n) is 3.08. The van der Waals surface area contributed by atoms with Crippen molar-refractivity contribution in [3.63, 3.8) is 0 Å². The number of sulfonamides is 1. The van der Waals surface area contributed by atoms with Gasteiger partial charge >= 0.3 is 5.97 Å². The number of H-pyrrole nitrogens is 1. The van der Waals surface area contributed by atoms with Crippen molar-refractivity contribution < 1.29 is 23.1 Å². The van der Waals surface area contributed by atoms with Gasteiger partial charge in [-0.25, -0.2) is 17.9 Å². The number of aromatic amines is 1. The Hall–Kier alpha value is -1.58. The Morgan fingerprint density at radius 3 is 2.67 bits per heavy atom. The van der Waals surface area contributed by atoms with Crippen LogP contribution in [0.5, 0.6) is 0 Å². The maximum Gasteiger partial charge on any atom is 0.339 e. The standard InChI is InChI=1S/C17H18Cl2N2O5S/c1-3-26-17(23)10-7-15(20-8(10)2)27(24,25)21-14-5-9-4-12(18)13(19)6-11(9)16(14)22/h4,6-7,14,16,20-22H,3,5H2,1-2H3/t14-,16-/m1/s1. The maximum atomic E-state index is 12.7. The zero-order valence-electron chi connectivity index (χ0n) is 14.5. The monoisotopic (exact) mass is 432 g/mol. The number of ether oxygens (including phenoxy) is 1. The van der Waals surface area contributed by atoms with Crippen LogP contribution in [0.25, 0.3) is 0 Å². The van der Waals surface area contributed by atoms with Gasteiger partial charge in [0.1, 0.15) is 5.03 Å². The molecule has 2 atom stereocenters. The number of hydrogen-bond acceptors (Lipinski definition) is 5. The highest BCUT2D eigenvalue weighted by Gasteiger charge is 2.35. The van der Waals surface area contributed by atoms with Crippen molar-refractivity contribution in [2.75, 3.05) is 6.61 Å². The highest BCUT2D eigenvalue weighted by molar-refractivity contribution is 7.89. The molecule has 27 heavy (non-hydrogen) atoms. The summed E-state index contributed by atoms with van der Waals surface area (Å²) in [6, 6.07) is 3.59. The highest BCUT2D eigenvalue weighted by atomic mass is 35.5. The quantitative estimate of drug-likeness (QED) is 0.629. The van der Waals surface area contributed by atoms with E-state index in [2.05, 4.69) is 9.71 Å². The number of rotatable bonds is 5. The molecule has 0 radical (unpaired) electrons. The topological polar surface area (TPSA) is 108 Å². The first-order valence-corrected chi connectivity index (χ1v) is 10.4. The molecule has 0 saturated heterocycles. The number of aryl methyl sites for hydroxylation is 1. The molecule has 0 aliphatic heterocycles. The number of esters is 1. The van der Waals surface area contributed by atoms with Crippen LogP contribution in [-0.4, -0.2) is 37.1 Å². The van der Waals surface area contributed by atoms with Gasteiger partial charge in [0.15, 0.2) is 0 Å². The number of benzene rings is 1. The van der Waals surface area contributed by atoms with Crippen LogP contribution in [-0.2, 0) is 21.2 Å². The van der Waals surface area contributed by atoms with Gasteiger partial charge in [0.05, 0.1) is 34.4 Å². The number of hydrogen-bond donors (Lipinski definition) is 3. The number of halogens is 2. The van der Waals surface area contributed by atoms with Crippen LogP contribution in [0.1, 0.15) is 40.2 Å². The summed E-state index contributed by atoms with van der Waals surface area (Å²) in [7, 11) is -4.00. The van der Waals surface area contributed by atoms with Crippen LogP contribution in [0.3, 0.4) is 0 Å². The molecule has 2 aromatic rings. The van der Waals surface area contributed by atoms with E-state index in [1.54, 1.807) is 19.9 Å². The summed E-state index contributed by atoms with van der Waals surface area (Å²) in [5, 5.41) is 10.9. The SMILES string of the molecule is CCOC(=O)c1cc(S(=O)(=O)N[C@@H]2Cc3cc(Cl)c(Cl)cc3[C@H]2O)[nH]c1C. The predicted octanol–water partition coefficient (Wildman–Crippen LogP) is 2.74. The van der Waals surface area contributed by atoms with E-state index in [1.165, 1.54) is 12.1 Å². The van der Waals surface area contributed by atoms with E-state index in [1.807, 2.05) is 0 Å². The summed E-state index contributed by atoms with van der Waals surface area (Å²) in [6.45, 7) is 3.42. The van der Waals surface area contributed by atoms with E-state index in [4.69, 9.17) is 27.9 Å². The van der Waals surface area contributed by atoms with E-state index in [0.717, 1.165) is 5.56 Å². The molecule has 3 rings (SSSR count). The smallest absolute Gasteiger partial charge is 0.339 e. The lowest BCUT2D eigenvalue weighted by Crippen LogP contribution is -2.37. The molecule has 1 heterocycles. The number of carbonyl (C=O) groups excluding carboxylic acids is 1. The lowest BCUT2D eigenvalue weighted by molar-refractivity contribution is 0.0525. The molecule has 3 N–H and O–H groups in total. The molecule has 1 aliphatic rings. The van der Waals surface area contributed by atoms with E-state index in [-0.39, 0.29) is 28.6 Å². The summed E-state index contributed by atoms with van der Waals surface area (Å²) in [6.07, 6.45) is -0.804. The number of nitrogens with one attached hydrogen (secondary N) is 2. The van der Waals surface area contributed by atoms with Gasteiger partial charge in [-0.3, -0.25) is 0 Å². The zero-order chi connectivity index (χ0) is 19.9. The lowest BCUT2D eigenvalue weighted by atomic mass is 10.1. The van der Waals surface area contributed by atoms with Gasteiger partial charge in [0.2, 0.25) is 0 Å². The van der Waals surface area contributed by atoms with Crippen LogP contribution in [0.4, 0.5) is 0 Å². The van der Waals surface area contributed by atoms with Crippen LogP contribution in [0.15, 0.2) is 23.2 Å². The second kappa shape index (κ2) is 7.44. The largest absolute Gasteiger partial charge is 0.462 e. The minimum atomic E-state index is -4.00. The molecule has 0 saturated carbocycles. The molecular weight excluding hydrogens is 415 g/mol. The van der Waals surface area contributed by atoms with Crippen LogP contribution in [0, 0.1) is 6.92 Å². The number of aromatic nitrogens is 1. The minimum absolute atomic E-state index is 0.144. The van der Waals surface area contributed by atoms with Gasteiger partial charge in [-0.15, -0.1) is 0 Å². The molecule has 1 aromatic heterocycles. The number of carbonyl (C=O) groups is 1. The Bertz CT molecular complexity index is 1000. The van der Waals surface area contributed by atoms with Gasteiger partial charge in [-0.2, -0.15) is 0 Å². The third kappa shape index (κ3) is 3.86. The first kappa shape index (κ1) is 20.2. The third-order valence-corrected chi connectivity index (χ3v) is 6.54. The van der Waals surface area contributed by atoms with Crippen LogP contribution >= 0.6 is 23.2 Å². The Morgan fingerprint density at radius 2 is 2.00 bits per heavy atom. The minimum Gasteiger partial charge on any atom is -0.462 e. The zero-order valence-corrected chi connectivity index (χ0v) is 16.9. The first-order chi connectivity index (χ1) is 12.6. The summed E-state index contributed by atoms with van der Waals surface area (Å²) < 4.78 is 32.8. The van der Waals surface area contributed by atoms with Crippen LogP contribution < -0.4 is 4.72 Å². The average molecular weight is 433 g/mol. The van der Waals surface area contributed by atoms with Crippen molar-refractivity contribution in [1.82, 2.24) is 9.71 Å². The fraction of sp³-hybridized carbons (Fsp3) is 0.353. The normalized spacial score (nSPS) is 19.1. The van der Waals surface area contributed by atoms with E-state index in [0.29, 0.717) is 16.3 Å². The van der Waals surface area contributed by atoms with Crippen LogP contribution in [0.2, 0.25) is 10.0 Å². The first-order valence-electron chi connectivity index (χ1n) is 8.19. The third-order valence-electron chi connectivity index (χ3n) is 4.40. The van der Waals surface area contributed by atoms with Gasteiger partial charge < -0.3 is 14.8 Å². The molecule has 0 amide bonds. The molecule has 146 valence electrons. The van der Waals surface area contributed by atoms with Gasteiger partial charge in [0.25, 0.3) is 10.0 Å². The molecule has 0 spiro atoms. The molecule has 10 heteroatoms. The maximum absolute atomic E-state index is 12.7. The number of aliphatic hydroxyl groups is 1. The molecule has 1 aromatic carbocycles. The van der Waals surface area contributed by atoms with Crippen molar-refractivity contribution in [1.29, 1.82) is 0 Å². The Balaban J connectivity index is 1.84. The number of fused-ring (bicyclic) bond motifs is 1. The number of aliphatic hydroxyl groups excluding tert-OH is 1. The Kier molecular flexibility index (Phi) is 5.56. The molecule has 0 unspecified atom stereocenters. The highest BCUT2D eigenvalue weighted by Crippen LogP contribution is 2.37. The molecule has 0 bridgehead atoms. The molecule has 7 nitrogen and oxygen atoms in total. The van der Waals surface area contributed by atoms with Crippen molar-refractivity contribution in [3.05, 3.63) is 50.6 Å². The van der Waals surface area contributed by atoms with Crippen molar-refractivity contribution >= 4 is 39.2 Å². The molecule has 0 fully saturated rings. The van der Waals surface area contributed by atoms with Crippen molar-refractivity contribution in [2.45, 2.75) is 37.4 Å². The van der Waals surface area contributed by atoms with Crippen molar-refractivity contribution in [3.8, 4) is 0 Å². The summed E-state index contributed by atoms with van der Waals surface area (Å²) in [5.41, 5.74) is 1.78. The van der Waals surface area contributed by atoms with Crippen molar-refractivity contribution in [2.24, 2.45) is 0 Å². The second-order valence-corrected chi connectivity index (χ2v) is 8.73. The van der Waals surface area contributed by atoms with Gasteiger partial charge in [-0.1, -0.05) is 23.2 Å². The van der Waals surface area contributed by atoms with Gasteiger partial charge in [0, 0.05) is 5.69 Å². The Morgan fingerprint density at radius 1 is 1.33 bits per heavy atom. The second-order valence-electron chi connectivity index (χ2n) is 6.23.